The van der Waals surface area contributed by atoms with Crippen LogP contribution >= 0.6 is 0 Å². The van der Waals surface area contributed by atoms with Crippen LogP contribution in [0.3, 0.4) is 0 Å². The van der Waals surface area contributed by atoms with Gasteiger partial charge in [-0.15, -0.1) is 0 Å². The van der Waals surface area contributed by atoms with E-state index in [0.29, 0.717) is 44.5 Å². The molecular weight excluding hydrogens is 529 g/mol. The van der Waals surface area contributed by atoms with Crippen molar-refractivity contribution in [3.63, 3.8) is 0 Å². The Morgan fingerprint density at radius 2 is 1.93 bits per heavy atom. The molecule has 2 aliphatic rings. The highest BCUT2D eigenvalue weighted by Gasteiger charge is 2.45. The fourth-order valence-corrected chi connectivity index (χ4v) is 5.89. The van der Waals surface area contributed by atoms with E-state index in [2.05, 4.69) is 5.32 Å². The Morgan fingerprint density at radius 3 is 2.63 bits per heavy atom. The number of aliphatic hydroxyl groups is 2. The van der Waals surface area contributed by atoms with Crippen LogP contribution in [0.15, 0.2) is 53.3 Å². The van der Waals surface area contributed by atoms with Gasteiger partial charge in [0.2, 0.25) is 0 Å². The van der Waals surface area contributed by atoms with Crippen LogP contribution in [0.4, 0.5) is 4.39 Å². The molecule has 2 aliphatic heterocycles. The molecule has 10 heteroatoms. The highest BCUT2D eigenvalue weighted by atomic mass is 19.1. The van der Waals surface area contributed by atoms with Crippen molar-refractivity contribution in [3.8, 4) is 11.4 Å². The van der Waals surface area contributed by atoms with E-state index in [9.17, 15) is 29.0 Å². The molecule has 9 nitrogen and oxygen atoms in total. The number of pyridine rings is 2. The van der Waals surface area contributed by atoms with Crippen LogP contribution in [0.1, 0.15) is 65.8 Å². The number of carbonyl (C=O) groups excluding carboxylic acids is 2. The molecule has 4 heterocycles. The summed E-state index contributed by atoms with van der Waals surface area (Å²) in [5.41, 5.74) is 1.10. The molecular formula is C31H28FN3O6. The van der Waals surface area contributed by atoms with Crippen LogP contribution in [0, 0.1) is 12.7 Å². The number of aromatic nitrogens is 2. The normalized spacial score (nSPS) is 18.7. The van der Waals surface area contributed by atoms with Crippen molar-refractivity contribution >= 4 is 22.8 Å². The van der Waals surface area contributed by atoms with Gasteiger partial charge in [0, 0.05) is 22.6 Å². The fraction of sp³-hybridized carbons (Fsp3) is 0.290. The second-order valence-corrected chi connectivity index (χ2v) is 10.6. The van der Waals surface area contributed by atoms with E-state index in [0.717, 1.165) is 0 Å². The van der Waals surface area contributed by atoms with Gasteiger partial charge in [-0.3, -0.25) is 9.59 Å². The molecule has 0 saturated carbocycles. The molecule has 2 aromatic carbocycles. The zero-order valence-electron chi connectivity index (χ0n) is 22.7. The molecule has 0 fully saturated rings. The van der Waals surface area contributed by atoms with E-state index in [1.54, 1.807) is 63.2 Å². The lowest BCUT2D eigenvalue weighted by atomic mass is 9.86. The molecule has 0 unspecified atom stereocenters. The first-order chi connectivity index (χ1) is 19.5. The van der Waals surface area contributed by atoms with Gasteiger partial charge in [-0.25, -0.2) is 14.2 Å². The zero-order valence-corrected chi connectivity index (χ0v) is 22.7. The van der Waals surface area contributed by atoms with Gasteiger partial charge in [0.05, 0.1) is 35.1 Å². The monoisotopic (exact) mass is 557 g/mol. The third-order valence-corrected chi connectivity index (χ3v) is 8.17. The van der Waals surface area contributed by atoms with Crippen molar-refractivity contribution in [1.82, 2.24) is 14.9 Å². The molecule has 210 valence electrons. The third kappa shape index (κ3) is 4.05. The number of halogens is 1. The number of aryl methyl sites for hydroxylation is 1. The SMILES string of the molecule is CC[C@@]1(O)C(=O)OCc2c1cc1n(c2=O)Cc2c-1nc1cc(F)c(C)cc1c2[C@@H](C)NC(=O)[C@H](O)c1ccccc1. The number of carbonyl (C=O) groups is 2. The maximum absolute atomic E-state index is 14.7. The summed E-state index contributed by atoms with van der Waals surface area (Å²) in [6.07, 6.45) is -1.41. The van der Waals surface area contributed by atoms with Crippen LogP contribution < -0.4 is 10.9 Å². The van der Waals surface area contributed by atoms with Gasteiger partial charge in [-0.2, -0.15) is 0 Å². The van der Waals surface area contributed by atoms with Gasteiger partial charge in [-0.05, 0) is 49.1 Å². The van der Waals surface area contributed by atoms with Crippen LogP contribution in [0.2, 0.25) is 0 Å². The molecule has 0 aliphatic carbocycles. The van der Waals surface area contributed by atoms with Gasteiger partial charge >= 0.3 is 5.97 Å². The minimum atomic E-state index is -1.98. The highest BCUT2D eigenvalue weighted by Crippen LogP contribution is 2.42. The Balaban J connectivity index is 1.52. The van der Waals surface area contributed by atoms with Crippen LogP contribution in [-0.4, -0.2) is 31.6 Å². The minimum absolute atomic E-state index is 0.00226. The van der Waals surface area contributed by atoms with Crippen LogP contribution in [0.25, 0.3) is 22.3 Å². The lowest BCUT2D eigenvalue weighted by Crippen LogP contribution is -2.44. The molecule has 0 radical (unpaired) electrons. The van der Waals surface area contributed by atoms with Crippen molar-refractivity contribution in [3.05, 3.63) is 98.1 Å². The highest BCUT2D eigenvalue weighted by molar-refractivity contribution is 5.91. The molecule has 1 amide bonds. The average molecular weight is 558 g/mol. The Labute approximate surface area is 234 Å². The number of amides is 1. The maximum atomic E-state index is 14.7. The average Bonchev–Trinajstić information content (AvgIpc) is 3.33. The number of esters is 1. The topological polar surface area (TPSA) is 131 Å². The number of cyclic esters (lactones) is 1. The van der Waals surface area contributed by atoms with Gasteiger partial charge in [0.1, 0.15) is 12.4 Å². The predicted molar refractivity (Wildman–Crippen MR) is 147 cm³/mol. The molecule has 3 atom stereocenters. The fourth-order valence-electron chi connectivity index (χ4n) is 5.89. The number of rotatable bonds is 5. The predicted octanol–water partition coefficient (Wildman–Crippen LogP) is 3.44. The summed E-state index contributed by atoms with van der Waals surface area (Å²) in [5, 5.41) is 25.3. The van der Waals surface area contributed by atoms with Gasteiger partial charge in [-0.1, -0.05) is 37.3 Å². The Hall–Kier alpha value is -4.41. The van der Waals surface area contributed by atoms with E-state index in [1.807, 2.05) is 0 Å². The quantitative estimate of drug-likeness (QED) is 0.282. The minimum Gasteiger partial charge on any atom is -0.458 e. The summed E-state index contributed by atoms with van der Waals surface area (Å²) >= 11 is 0. The number of fused-ring (bicyclic) bond motifs is 5. The summed E-state index contributed by atoms with van der Waals surface area (Å²) in [6.45, 7) is 4.85. The third-order valence-electron chi connectivity index (χ3n) is 8.17. The van der Waals surface area contributed by atoms with E-state index < -0.39 is 41.0 Å². The smallest absolute Gasteiger partial charge is 0.343 e. The molecule has 2 aromatic heterocycles. The molecule has 0 bridgehead atoms. The standard InChI is InChI=1S/C31H28FN3O6/c1-4-31(40)21-11-24-26-19(13-35(24)29(38)20(21)14-41-30(31)39)25(18-10-15(2)22(32)12-23(18)34-26)16(3)33-28(37)27(36)17-8-6-5-7-9-17/h5-12,16,27,36,40H,4,13-14H2,1-3H3,(H,33,37)/t16-,27-,31+/m1/s1. The number of hydrogen-bond donors (Lipinski definition) is 3. The number of nitrogens with zero attached hydrogens (tertiary/aromatic N) is 2. The summed E-state index contributed by atoms with van der Waals surface area (Å²) in [5.74, 6) is -1.91. The summed E-state index contributed by atoms with van der Waals surface area (Å²) in [4.78, 5) is 44.0. The Morgan fingerprint density at radius 1 is 1.20 bits per heavy atom. The second-order valence-electron chi connectivity index (χ2n) is 10.6. The molecule has 0 saturated heterocycles. The van der Waals surface area contributed by atoms with Crippen molar-refractivity contribution < 1.29 is 28.9 Å². The summed E-state index contributed by atoms with van der Waals surface area (Å²) in [7, 11) is 0. The first-order valence-corrected chi connectivity index (χ1v) is 13.4. The summed E-state index contributed by atoms with van der Waals surface area (Å²) < 4.78 is 21.4. The molecule has 0 spiro atoms. The van der Waals surface area contributed by atoms with Crippen LogP contribution in [-0.2, 0) is 33.1 Å². The van der Waals surface area contributed by atoms with Crippen molar-refractivity contribution in [2.24, 2.45) is 0 Å². The van der Waals surface area contributed by atoms with E-state index in [4.69, 9.17) is 9.72 Å². The first kappa shape index (κ1) is 26.8. The number of ether oxygens (including phenoxy) is 1. The molecule has 4 aromatic rings. The van der Waals surface area contributed by atoms with E-state index in [-0.39, 0.29) is 30.7 Å². The van der Waals surface area contributed by atoms with Gasteiger partial charge in [0.25, 0.3) is 11.5 Å². The van der Waals surface area contributed by atoms with Gasteiger partial charge in [0.15, 0.2) is 11.7 Å². The number of nitrogens with one attached hydrogen (secondary N) is 1. The Kier molecular flexibility index (Phi) is 6.28. The van der Waals surface area contributed by atoms with Crippen LogP contribution in [0.5, 0.6) is 0 Å². The zero-order chi connectivity index (χ0) is 29.2. The van der Waals surface area contributed by atoms with E-state index >= 15 is 0 Å². The van der Waals surface area contributed by atoms with Crippen molar-refractivity contribution in [1.29, 1.82) is 0 Å². The van der Waals surface area contributed by atoms with Crippen molar-refractivity contribution in [2.45, 2.75) is 58.1 Å². The molecule has 41 heavy (non-hydrogen) atoms. The van der Waals surface area contributed by atoms with Crippen molar-refractivity contribution in [2.75, 3.05) is 0 Å². The number of hydrogen-bond acceptors (Lipinski definition) is 7. The number of benzene rings is 2. The Bertz CT molecular complexity index is 1820. The number of aliphatic hydroxyl groups excluding tert-OH is 1. The maximum Gasteiger partial charge on any atom is 0.343 e. The lowest BCUT2D eigenvalue weighted by Gasteiger charge is -2.31. The first-order valence-electron chi connectivity index (χ1n) is 13.4. The molecule has 6 rings (SSSR count). The lowest BCUT2D eigenvalue weighted by molar-refractivity contribution is -0.172. The second kappa shape index (κ2) is 9.60. The van der Waals surface area contributed by atoms with E-state index in [1.165, 1.54) is 10.6 Å². The largest absolute Gasteiger partial charge is 0.458 e. The van der Waals surface area contributed by atoms with Gasteiger partial charge < -0.3 is 24.8 Å². The summed E-state index contributed by atoms with van der Waals surface area (Å²) in [6, 6.07) is 12.4. The molecule has 3 N–H and O–H groups in total.